The molecule has 0 atom stereocenters. The molecule has 2 rings (SSSR count). The lowest BCUT2D eigenvalue weighted by Crippen LogP contribution is -2.30. The maximum Gasteiger partial charge on any atom is 0.239 e. The molecule has 0 spiro atoms. The molecule has 20 heavy (non-hydrogen) atoms. The largest absolute Gasteiger partial charge is 0.308 e. The zero-order valence-electron chi connectivity index (χ0n) is 10.8. The van der Waals surface area contributed by atoms with Crippen molar-refractivity contribution in [3.63, 3.8) is 0 Å². The Morgan fingerprint density at radius 1 is 1.50 bits per heavy atom. The topological polar surface area (TPSA) is 45.2 Å². The number of likely N-dealkylation sites (N-methyl/N-ethyl adjacent to an activating group) is 1. The highest BCUT2D eigenvalue weighted by Gasteiger charge is 2.10. The number of thiophene rings is 1. The first kappa shape index (κ1) is 15.3. The monoisotopic (exact) mass is 329 g/mol. The minimum absolute atomic E-state index is 0.167. The molecule has 2 aromatic heterocycles. The predicted octanol–water partition coefficient (Wildman–Crippen LogP) is 3.52. The molecule has 0 aliphatic carbocycles. The summed E-state index contributed by atoms with van der Waals surface area (Å²) in [5.41, 5.74) is 1.19. The summed E-state index contributed by atoms with van der Waals surface area (Å²) in [7, 11) is 1.88. The predicted molar refractivity (Wildman–Crippen MR) is 83.5 cm³/mol. The van der Waals surface area contributed by atoms with Crippen molar-refractivity contribution in [1.82, 2.24) is 9.88 Å². The van der Waals surface area contributed by atoms with Crippen LogP contribution in [0.5, 0.6) is 0 Å². The fourth-order valence-electron chi connectivity index (χ4n) is 1.67. The maximum atomic E-state index is 11.9. The van der Waals surface area contributed by atoms with Crippen LogP contribution in [0.2, 0.25) is 10.0 Å². The number of nitrogens with zero attached hydrogens (tertiary/aromatic N) is 2. The van der Waals surface area contributed by atoms with Crippen molar-refractivity contribution in [2.45, 2.75) is 6.54 Å². The van der Waals surface area contributed by atoms with Crippen molar-refractivity contribution >= 4 is 46.3 Å². The Balaban J connectivity index is 1.88. The number of rotatable bonds is 5. The van der Waals surface area contributed by atoms with E-state index in [2.05, 4.69) is 15.7 Å². The van der Waals surface area contributed by atoms with Crippen LogP contribution in [-0.4, -0.2) is 29.4 Å². The van der Waals surface area contributed by atoms with Crippen LogP contribution in [0.3, 0.4) is 0 Å². The molecule has 1 N–H and O–H groups in total. The first-order chi connectivity index (χ1) is 9.54. The molecule has 4 nitrogen and oxygen atoms in total. The van der Waals surface area contributed by atoms with E-state index in [1.165, 1.54) is 11.8 Å². The van der Waals surface area contributed by atoms with E-state index >= 15 is 0 Å². The number of hydrogen-bond acceptors (Lipinski definition) is 4. The number of nitrogens with one attached hydrogen (secondary N) is 1. The van der Waals surface area contributed by atoms with Crippen LogP contribution in [0, 0.1) is 0 Å². The highest BCUT2D eigenvalue weighted by molar-refractivity contribution is 7.07. The van der Waals surface area contributed by atoms with Crippen LogP contribution in [0.4, 0.5) is 5.82 Å². The second kappa shape index (κ2) is 7.04. The van der Waals surface area contributed by atoms with E-state index in [4.69, 9.17) is 23.2 Å². The minimum Gasteiger partial charge on any atom is -0.308 e. The summed E-state index contributed by atoms with van der Waals surface area (Å²) < 4.78 is 0. The molecule has 7 heteroatoms. The van der Waals surface area contributed by atoms with Crippen LogP contribution in [0.15, 0.2) is 29.1 Å². The highest BCUT2D eigenvalue weighted by atomic mass is 35.5. The molecule has 0 radical (unpaired) electrons. The van der Waals surface area contributed by atoms with E-state index in [0.717, 1.165) is 6.54 Å². The number of aromatic nitrogens is 1. The highest BCUT2D eigenvalue weighted by Crippen LogP contribution is 2.22. The number of carbonyl (C=O) groups is 1. The van der Waals surface area contributed by atoms with Crippen LogP contribution < -0.4 is 5.32 Å². The molecule has 0 saturated carbocycles. The fraction of sp³-hybridized carbons (Fsp3) is 0.231. The van der Waals surface area contributed by atoms with Gasteiger partial charge in [-0.1, -0.05) is 23.2 Å². The number of hydrogen-bond donors (Lipinski definition) is 1. The second-order valence-corrected chi connectivity index (χ2v) is 5.96. The summed E-state index contributed by atoms with van der Waals surface area (Å²) in [4.78, 5) is 17.8. The molecule has 0 unspecified atom stereocenters. The number of carbonyl (C=O) groups excluding carboxylic acids is 1. The minimum atomic E-state index is -0.167. The van der Waals surface area contributed by atoms with Crippen molar-refractivity contribution in [2.24, 2.45) is 0 Å². The SMILES string of the molecule is CN(CC(=O)Nc1ncc(Cl)cc1Cl)Cc1ccsc1. The first-order valence-corrected chi connectivity index (χ1v) is 7.55. The summed E-state index contributed by atoms with van der Waals surface area (Å²) in [6.07, 6.45) is 1.44. The molecule has 2 heterocycles. The van der Waals surface area contributed by atoms with Gasteiger partial charge in [0.25, 0.3) is 0 Å². The Morgan fingerprint density at radius 2 is 2.30 bits per heavy atom. The standard InChI is InChI=1S/C13H13Cl2N3OS/c1-18(6-9-2-3-20-8-9)7-12(19)17-13-11(15)4-10(14)5-16-13/h2-5,8H,6-7H2,1H3,(H,16,17,19). The lowest BCUT2D eigenvalue weighted by molar-refractivity contribution is -0.117. The van der Waals surface area contributed by atoms with Gasteiger partial charge >= 0.3 is 0 Å². The Bertz CT molecular complexity index is 589. The van der Waals surface area contributed by atoms with Crippen LogP contribution in [-0.2, 0) is 11.3 Å². The second-order valence-electron chi connectivity index (χ2n) is 4.34. The van der Waals surface area contributed by atoms with Gasteiger partial charge in [0.05, 0.1) is 16.6 Å². The molecular formula is C13H13Cl2N3OS. The molecule has 106 valence electrons. The van der Waals surface area contributed by atoms with E-state index in [1.54, 1.807) is 17.4 Å². The Kier molecular flexibility index (Phi) is 5.37. The van der Waals surface area contributed by atoms with Crippen molar-refractivity contribution in [3.05, 3.63) is 44.7 Å². The molecule has 0 fully saturated rings. The normalized spacial score (nSPS) is 10.8. The molecule has 0 bridgehead atoms. The quantitative estimate of drug-likeness (QED) is 0.912. The summed E-state index contributed by atoms with van der Waals surface area (Å²) in [6.45, 7) is 0.981. The van der Waals surface area contributed by atoms with Crippen molar-refractivity contribution in [3.8, 4) is 0 Å². The van der Waals surface area contributed by atoms with Gasteiger partial charge < -0.3 is 5.32 Å². The molecular weight excluding hydrogens is 317 g/mol. The van der Waals surface area contributed by atoms with Crippen molar-refractivity contribution in [2.75, 3.05) is 18.9 Å². The van der Waals surface area contributed by atoms with Crippen molar-refractivity contribution < 1.29 is 4.79 Å². The van der Waals surface area contributed by atoms with Gasteiger partial charge in [0.2, 0.25) is 5.91 Å². The zero-order chi connectivity index (χ0) is 14.5. The number of halogens is 2. The van der Waals surface area contributed by atoms with E-state index in [0.29, 0.717) is 15.9 Å². The molecule has 2 aromatic rings. The summed E-state index contributed by atoms with van der Waals surface area (Å²) in [5, 5.41) is 7.50. The molecule has 0 saturated heterocycles. The third-order valence-corrected chi connectivity index (χ3v) is 3.74. The van der Waals surface area contributed by atoms with Gasteiger partial charge in [0.15, 0.2) is 5.82 Å². The summed E-state index contributed by atoms with van der Waals surface area (Å²) in [6, 6.07) is 3.58. The Labute approximate surface area is 131 Å². The van der Waals surface area contributed by atoms with Crippen LogP contribution in [0.25, 0.3) is 0 Å². The van der Waals surface area contributed by atoms with E-state index < -0.39 is 0 Å². The molecule has 0 aliphatic rings. The van der Waals surface area contributed by atoms with Crippen molar-refractivity contribution in [1.29, 1.82) is 0 Å². The van der Waals surface area contributed by atoms with E-state index in [-0.39, 0.29) is 12.5 Å². The smallest absolute Gasteiger partial charge is 0.239 e. The lowest BCUT2D eigenvalue weighted by Gasteiger charge is -2.15. The molecule has 0 aromatic carbocycles. The van der Waals surface area contributed by atoms with Gasteiger partial charge in [-0.25, -0.2) is 4.98 Å². The summed E-state index contributed by atoms with van der Waals surface area (Å²) >= 11 is 13.3. The third kappa shape index (κ3) is 4.45. The zero-order valence-corrected chi connectivity index (χ0v) is 13.1. The van der Waals surface area contributed by atoms with Gasteiger partial charge in [-0.2, -0.15) is 11.3 Å². The third-order valence-electron chi connectivity index (χ3n) is 2.51. The Hall–Kier alpha value is -1.14. The molecule has 1 amide bonds. The van der Waals surface area contributed by atoms with E-state index in [1.807, 2.05) is 23.4 Å². The van der Waals surface area contributed by atoms with Gasteiger partial charge in [0, 0.05) is 12.7 Å². The fourth-order valence-corrected chi connectivity index (χ4v) is 2.76. The van der Waals surface area contributed by atoms with E-state index in [9.17, 15) is 4.79 Å². The summed E-state index contributed by atoms with van der Waals surface area (Å²) in [5.74, 6) is 0.157. The number of pyridine rings is 1. The van der Waals surface area contributed by atoms with Gasteiger partial charge in [-0.05, 0) is 35.5 Å². The van der Waals surface area contributed by atoms with Gasteiger partial charge in [0.1, 0.15) is 0 Å². The van der Waals surface area contributed by atoms with Gasteiger partial charge in [-0.15, -0.1) is 0 Å². The van der Waals surface area contributed by atoms with Gasteiger partial charge in [-0.3, -0.25) is 9.69 Å². The molecule has 0 aliphatic heterocycles. The van der Waals surface area contributed by atoms with Crippen LogP contribution in [0.1, 0.15) is 5.56 Å². The lowest BCUT2D eigenvalue weighted by atomic mass is 10.3. The average molecular weight is 330 g/mol. The van der Waals surface area contributed by atoms with Crippen LogP contribution >= 0.6 is 34.5 Å². The Morgan fingerprint density at radius 3 is 2.95 bits per heavy atom. The first-order valence-electron chi connectivity index (χ1n) is 5.85. The number of anilines is 1. The number of amides is 1. The maximum absolute atomic E-state index is 11.9. The average Bonchev–Trinajstić information content (AvgIpc) is 2.85.